The van der Waals surface area contributed by atoms with Crippen LogP contribution in [0.1, 0.15) is 24.0 Å². The van der Waals surface area contributed by atoms with Crippen LogP contribution in [0.5, 0.6) is 0 Å². The number of aliphatic imine (C=N–C) groups is 1. The minimum atomic E-state index is 0.574. The van der Waals surface area contributed by atoms with Gasteiger partial charge in [-0.05, 0) is 18.6 Å². The lowest BCUT2D eigenvalue weighted by molar-refractivity contribution is 0.682. The monoisotopic (exact) mass is 351 g/mol. The lowest BCUT2D eigenvalue weighted by atomic mass is 10.2. The molecule has 3 aromatic rings. The molecule has 136 valence electrons. The van der Waals surface area contributed by atoms with E-state index in [-0.39, 0.29) is 0 Å². The first-order valence-corrected chi connectivity index (χ1v) is 8.79. The third kappa shape index (κ3) is 4.72. The summed E-state index contributed by atoms with van der Waals surface area (Å²) in [5, 5.41) is 10.8. The van der Waals surface area contributed by atoms with Crippen LogP contribution in [0.25, 0.3) is 0 Å². The zero-order valence-corrected chi connectivity index (χ0v) is 15.3. The average Bonchev–Trinajstić information content (AvgIpc) is 3.27. The number of guanidine groups is 1. The Balaban J connectivity index is 1.62. The zero-order valence-electron chi connectivity index (χ0n) is 15.3. The quantitative estimate of drug-likeness (QED) is 0.504. The molecule has 0 saturated carbocycles. The van der Waals surface area contributed by atoms with Crippen molar-refractivity contribution in [1.82, 2.24) is 30.0 Å². The van der Waals surface area contributed by atoms with Crippen molar-refractivity contribution in [2.45, 2.75) is 26.6 Å². The standard InChI is InChI=1S/C19H25N7/c1-3-20-19(22-13-17-9-10-24-25(17)2)23-14-18-21-11-12-26(18)15-16-7-5-4-6-8-16/h4-12H,3,13-15H2,1-2H3,(H2,20,22,23). The van der Waals surface area contributed by atoms with Crippen molar-refractivity contribution in [3.05, 3.63) is 72.1 Å². The van der Waals surface area contributed by atoms with Gasteiger partial charge >= 0.3 is 0 Å². The third-order valence-corrected chi connectivity index (χ3v) is 4.08. The summed E-state index contributed by atoms with van der Waals surface area (Å²) < 4.78 is 3.98. The summed E-state index contributed by atoms with van der Waals surface area (Å²) in [6.45, 7) is 4.84. The molecule has 0 radical (unpaired) electrons. The van der Waals surface area contributed by atoms with Crippen molar-refractivity contribution in [3.8, 4) is 0 Å². The molecule has 7 heteroatoms. The van der Waals surface area contributed by atoms with E-state index in [1.807, 2.05) is 36.3 Å². The number of rotatable bonds is 7. The van der Waals surface area contributed by atoms with Gasteiger partial charge in [0.25, 0.3) is 0 Å². The van der Waals surface area contributed by atoms with E-state index in [0.717, 1.165) is 30.6 Å². The van der Waals surface area contributed by atoms with E-state index in [4.69, 9.17) is 0 Å². The van der Waals surface area contributed by atoms with Gasteiger partial charge in [-0.2, -0.15) is 5.10 Å². The fraction of sp³-hybridized carbons (Fsp3) is 0.316. The molecule has 0 atom stereocenters. The van der Waals surface area contributed by atoms with E-state index in [1.165, 1.54) is 5.56 Å². The first-order valence-electron chi connectivity index (χ1n) is 8.79. The number of aryl methyl sites for hydroxylation is 1. The molecule has 2 N–H and O–H groups in total. The minimum Gasteiger partial charge on any atom is -0.357 e. The van der Waals surface area contributed by atoms with Crippen LogP contribution in [-0.2, 0) is 26.7 Å². The minimum absolute atomic E-state index is 0.574. The molecule has 1 aromatic carbocycles. The second-order valence-corrected chi connectivity index (χ2v) is 5.95. The molecule has 0 aliphatic carbocycles. The van der Waals surface area contributed by atoms with E-state index in [9.17, 15) is 0 Å². The molecule has 0 aliphatic rings. The molecule has 0 spiro atoms. The summed E-state index contributed by atoms with van der Waals surface area (Å²) in [4.78, 5) is 9.10. The van der Waals surface area contributed by atoms with Gasteiger partial charge in [-0.3, -0.25) is 4.68 Å². The molecule has 0 saturated heterocycles. The maximum atomic E-state index is 4.63. The first-order chi connectivity index (χ1) is 12.8. The Labute approximate surface area is 153 Å². The number of imidazole rings is 1. The number of hydrogen-bond donors (Lipinski definition) is 2. The van der Waals surface area contributed by atoms with Crippen LogP contribution in [-0.4, -0.2) is 31.8 Å². The summed E-state index contributed by atoms with van der Waals surface area (Å²) >= 11 is 0. The van der Waals surface area contributed by atoms with E-state index in [1.54, 1.807) is 6.20 Å². The SMILES string of the molecule is CCNC(=NCc1ccnn1C)NCc1nccn1Cc1ccccc1. The molecule has 2 heterocycles. The van der Waals surface area contributed by atoms with Gasteiger partial charge in [0.05, 0.1) is 18.8 Å². The number of aromatic nitrogens is 4. The van der Waals surface area contributed by atoms with Crippen molar-refractivity contribution in [3.63, 3.8) is 0 Å². The van der Waals surface area contributed by atoms with Crippen LogP contribution in [0.4, 0.5) is 0 Å². The van der Waals surface area contributed by atoms with Gasteiger partial charge in [0.1, 0.15) is 5.82 Å². The Hall–Kier alpha value is -3.09. The van der Waals surface area contributed by atoms with Crippen LogP contribution in [0.3, 0.4) is 0 Å². The molecule has 0 fully saturated rings. The Morgan fingerprint density at radius 3 is 2.69 bits per heavy atom. The average molecular weight is 351 g/mol. The molecule has 2 aromatic heterocycles. The third-order valence-electron chi connectivity index (χ3n) is 4.08. The Bertz CT molecular complexity index is 832. The lowest BCUT2D eigenvalue weighted by Crippen LogP contribution is -2.37. The van der Waals surface area contributed by atoms with Crippen molar-refractivity contribution in [1.29, 1.82) is 0 Å². The lowest BCUT2D eigenvalue weighted by Gasteiger charge is -2.13. The largest absolute Gasteiger partial charge is 0.357 e. The zero-order chi connectivity index (χ0) is 18.2. The van der Waals surface area contributed by atoms with Gasteiger partial charge in [-0.25, -0.2) is 9.98 Å². The topological polar surface area (TPSA) is 72.1 Å². The number of benzene rings is 1. The normalized spacial score (nSPS) is 11.5. The van der Waals surface area contributed by atoms with Crippen LogP contribution in [0.15, 0.2) is 60.0 Å². The molecular weight excluding hydrogens is 326 g/mol. The summed E-state index contributed by atoms with van der Waals surface area (Å²) in [6, 6.07) is 12.4. The highest BCUT2D eigenvalue weighted by Gasteiger charge is 2.06. The molecule has 0 aliphatic heterocycles. The summed E-state index contributed by atoms with van der Waals surface area (Å²) in [7, 11) is 1.92. The highest BCUT2D eigenvalue weighted by atomic mass is 15.3. The number of nitrogens with zero attached hydrogens (tertiary/aromatic N) is 5. The van der Waals surface area contributed by atoms with E-state index in [2.05, 4.69) is 61.5 Å². The predicted octanol–water partition coefficient (Wildman–Crippen LogP) is 1.92. The Kier molecular flexibility index (Phi) is 6.03. The van der Waals surface area contributed by atoms with E-state index < -0.39 is 0 Å². The van der Waals surface area contributed by atoms with E-state index in [0.29, 0.717) is 13.1 Å². The number of nitrogens with one attached hydrogen (secondary N) is 2. The van der Waals surface area contributed by atoms with Gasteiger partial charge in [-0.1, -0.05) is 30.3 Å². The molecule has 0 amide bonds. The van der Waals surface area contributed by atoms with Crippen molar-refractivity contribution in [2.75, 3.05) is 6.54 Å². The number of hydrogen-bond acceptors (Lipinski definition) is 3. The van der Waals surface area contributed by atoms with Gasteiger partial charge in [0, 0.05) is 38.7 Å². The van der Waals surface area contributed by atoms with Gasteiger partial charge in [-0.15, -0.1) is 0 Å². The van der Waals surface area contributed by atoms with Gasteiger partial charge < -0.3 is 15.2 Å². The van der Waals surface area contributed by atoms with E-state index >= 15 is 0 Å². The molecule has 26 heavy (non-hydrogen) atoms. The van der Waals surface area contributed by atoms with Crippen LogP contribution in [0, 0.1) is 0 Å². The maximum Gasteiger partial charge on any atom is 0.192 e. The molecule has 0 bridgehead atoms. The van der Waals surface area contributed by atoms with Crippen molar-refractivity contribution >= 4 is 5.96 Å². The van der Waals surface area contributed by atoms with Gasteiger partial charge in [0.2, 0.25) is 0 Å². The van der Waals surface area contributed by atoms with Crippen LogP contribution < -0.4 is 10.6 Å². The second-order valence-electron chi connectivity index (χ2n) is 5.95. The predicted molar refractivity (Wildman–Crippen MR) is 103 cm³/mol. The molecule has 0 unspecified atom stereocenters. The smallest absolute Gasteiger partial charge is 0.192 e. The fourth-order valence-corrected chi connectivity index (χ4v) is 2.65. The van der Waals surface area contributed by atoms with Crippen LogP contribution in [0.2, 0.25) is 0 Å². The second kappa shape index (κ2) is 8.84. The summed E-state index contributed by atoms with van der Waals surface area (Å²) in [5.41, 5.74) is 2.32. The Morgan fingerprint density at radius 1 is 1.12 bits per heavy atom. The Morgan fingerprint density at radius 2 is 1.96 bits per heavy atom. The summed E-state index contributed by atoms with van der Waals surface area (Å²) in [6.07, 6.45) is 5.62. The van der Waals surface area contributed by atoms with Crippen molar-refractivity contribution in [2.24, 2.45) is 12.0 Å². The maximum absolute atomic E-state index is 4.63. The highest BCUT2D eigenvalue weighted by Crippen LogP contribution is 2.05. The summed E-state index contributed by atoms with van der Waals surface area (Å²) in [5.74, 6) is 1.74. The molecular formula is C19H25N7. The molecule has 3 rings (SSSR count). The van der Waals surface area contributed by atoms with Crippen molar-refractivity contribution < 1.29 is 0 Å². The van der Waals surface area contributed by atoms with Gasteiger partial charge in [0.15, 0.2) is 5.96 Å². The molecule has 7 nitrogen and oxygen atoms in total. The highest BCUT2D eigenvalue weighted by molar-refractivity contribution is 5.79. The van der Waals surface area contributed by atoms with Crippen LogP contribution >= 0.6 is 0 Å². The fourth-order valence-electron chi connectivity index (χ4n) is 2.65. The first kappa shape index (κ1) is 17.7.